The molecule has 9 heavy (non-hydrogen) atoms. The number of rotatable bonds is 4. The highest BCUT2D eigenvalue weighted by Crippen LogP contribution is 1.75. The van der Waals surface area contributed by atoms with Crippen molar-refractivity contribution in [3.8, 4) is 0 Å². The van der Waals surface area contributed by atoms with Gasteiger partial charge in [0.05, 0.1) is 19.8 Å². The fourth-order valence-electron chi connectivity index (χ4n) is 0.291. The Morgan fingerprint density at radius 1 is 1.44 bits per heavy atom. The van der Waals surface area contributed by atoms with Crippen molar-refractivity contribution >= 4 is 0 Å². The first-order chi connectivity index (χ1) is 3.77. The van der Waals surface area contributed by atoms with Crippen LogP contribution in [0.4, 0.5) is 0 Å². The van der Waals surface area contributed by atoms with Gasteiger partial charge in [-0.05, 0) is 0 Å². The van der Waals surface area contributed by atoms with Crippen LogP contribution < -0.4 is 18.1 Å². The topological polar surface area (TPSA) is 77.3 Å². The first kappa shape index (κ1) is 11.9. The van der Waals surface area contributed by atoms with E-state index in [1.807, 2.05) is 0 Å². The molecule has 0 aromatic carbocycles. The molecular weight excluding hydrogens is 146 g/mol. The molecule has 0 spiro atoms. The standard InChI is InChI=1S/C4H11NO3.ClH/c5-1-2-8-3-4(6)7;/h4,6-7H,1-3,5H2;1H. The first-order valence-electron chi connectivity index (χ1n) is 2.50. The average Bonchev–Trinajstić information content (AvgIpc) is 1.66. The van der Waals surface area contributed by atoms with Crippen LogP contribution in [0.15, 0.2) is 0 Å². The molecule has 0 aliphatic heterocycles. The lowest BCUT2D eigenvalue weighted by atomic mass is 10.7. The van der Waals surface area contributed by atoms with Gasteiger partial charge in [0.15, 0.2) is 6.29 Å². The summed E-state index contributed by atoms with van der Waals surface area (Å²) in [6.45, 7) is 1.12. The van der Waals surface area contributed by atoms with Crippen LogP contribution in [-0.2, 0) is 4.74 Å². The summed E-state index contributed by atoms with van der Waals surface area (Å²) in [5.74, 6) is 0. The van der Waals surface area contributed by atoms with Crippen molar-refractivity contribution < 1.29 is 33.1 Å². The summed E-state index contributed by atoms with van der Waals surface area (Å²) in [5.41, 5.74) is 3.49. The van der Waals surface area contributed by atoms with Gasteiger partial charge in [0.1, 0.15) is 0 Å². The van der Waals surface area contributed by atoms with Crippen molar-refractivity contribution in [3.05, 3.63) is 0 Å². The number of quaternary nitrogens is 1. The van der Waals surface area contributed by atoms with Gasteiger partial charge in [-0.25, -0.2) is 0 Å². The molecule has 0 heterocycles. The van der Waals surface area contributed by atoms with Crippen molar-refractivity contribution in [3.63, 3.8) is 0 Å². The number of aliphatic hydroxyl groups is 2. The number of ether oxygens (including phenoxy) is 1. The minimum absolute atomic E-state index is 0. The predicted octanol–water partition coefficient (Wildman–Crippen LogP) is -5.44. The number of hydrogen-bond donors (Lipinski definition) is 3. The van der Waals surface area contributed by atoms with Crippen molar-refractivity contribution in [2.45, 2.75) is 6.29 Å². The maximum absolute atomic E-state index is 8.19. The molecule has 0 aromatic heterocycles. The fourth-order valence-corrected chi connectivity index (χ4v) is 0.291. The molecule has 58 valence electrons. The summed E-state index contributed by atoms with van der Waals surface area (Å²) in [6, 6.07) is 0. The number of aliphatic hydroxyl groups excluding tert-OH is 1. The van der Waals surface area contributed by atoms with Crippen molar-refractivity contribution in [1.82, 2.24) is 0 Å². The van der Waals surface area contributed by atoms with E-state index in [9.17, 15) is 0 Å². The Morgan fingerprint density at radius 3 is 2.33 bits per heavy atom. The maximum atomic E-state index is 8.19. The van der Waals surface area contributed by atoms with E-state index in [2.05, 4.69) is 10.5 Å². The van der Waals surface area contributed by atoms with Gasteiger partial charge in [-0.1, -0.05) is 0 Å². The summed E-state index contributed by atoms with van der Waals surface area (Å²) in [6.07, 6.45) is -1.35. The Hall–Kier alpha value is 0.130. The highest BCUT2D eigenvalue weighted by molar-refractivity contribution is 4.30. The monoisotopic (exact) mass is 157 g/mol. The third-order valence-electron chi connectivity index (χ3n) is 0.556. The molecular formula is C4H12ClNO3. The SMILES string of the molecule is [Cl-].[NH3+]CCOCC(O)O. The van der Waals surface area contributed by atoms with Crippen LogP contribution in [0, 0.1) is 0 Å². The van der Waals surface area contributed by atoms with Crippen LogP contribution >= 0.6 is 0 Å². The molecule has 0 amide bonds. The highest BCUT2D eigenvalue weighted by atomic mass is 35.5. The molecule has 0 aliphatic rings. The zero-order chi connectivity index (χ0) is 6.41. The Morgan fingerprint density at radius 2 is 2.00 bits per heavy atom. The zero-order valence-electron chi connectivity index (χ0n) is 5.09. The third-order valence-corrected chi connectivity index (χ3v) is 0.556. The van der Waals surface area contributed by atoms with Crippen LogP contribution in [-0.4, -0.2) is 36.3 Å². The molecule has 0 fully saturated rings. The van der Waals surface area contributed by atoms with E-state index in [-0.39, 0.29) is 19.0 Å². The Bertz CT molecular complexity index is 53.1. The van der Waals surface area contributed by atoms with Crippen LogP contribution in [0.5, 0.6) is 0 Å². The van der Waals surface area contributed by atoms with Gasteiger partial charge in [0, 0.05) is 0 Å². The Labute approximate surface area is 60.0 Å². The van der Waals surface area contributed by atoms with Gasteiger partial charge in [0.25, 0.3) is 0 Å². The molecule has 0 aliphatic carbocycles. The quantitative estimate of drug-likeness (QED) is 0.282. The second-order valence-corrected chi connectivity index (χ2v) is 1.41. The first-order valence-corrected chi connectivity index (χ1v) is 2.50. The third kappa shape index (κ3) is 11.6. The van der Waals surface area contributed by atoms with E-state index in [0.29, 0.717) is 13.2 Å². The summed E-state index contributed by atoms with van der Waals surface area (Å²) in [7, 11) is 0. The normalized spacial score (nSPS) is 9.33. The van der Waals surface area contributed by atoms with E-state index < -0.39 is 6.29 Å². The van der Waals surface area contributed by atoms with E-state index in [0.717, 1.165) is 0 Å². The van der Waals surface area contributed by atoms with E-state index in [4.69, 9.17) is 10.2 Å². The molecule has 0 unspecified atom stereocenters. The molecule has 0 aromatic rings. The van der Waals surface area contributed by atoms with Crippen LogP contribution in [0.3, 0.4) is 0 Å². The van der Waals surface area contributed by atoms with Crippen LogP contribution in [0.25, 0.3) is 0 Å². The molecule has 0 saturated heterocycles. The second kappa shape index (κ2) is 8.13. The second-order valence-electron chi connectivity index (χ2n) is 1.41. The van der Waals surface area contributed by atoms with Gasteiger partial charge >= 0.3 is 0 Å². The van der Waals surface area contributed by atoms with Gasteiger partial charge in [-0.2, -0.15) is 0 Å². The zero-order valence-corrected chi connectivity index (χ0v) is 5.84. The maximum Gasteiger partial charge on any atom is 0.175 e. The Kier molecular flexibility index (Phi) is 10.7. The van der Waals surface area contributed by atoms with Crippen molar-refractivity contribution in [2.24, 2.45) is 0 Å². The van der Waals surface area contributed by atoms with E-state index in [1.54, 1.807) is 0 Å². The highest BCUT2D eigenvalue weighted by Gasteiger charge is 1.94. The molecule has 5 N–H and O–H groups in total. The Balaban J connectivity index is 0. The molecule has 0 bridgehead atoms. The van der Waals surface area contributed by atoms with E-state index >= 15 is 0 Å². The van der Waals surface area contributed by atoms with Gasteiger partial charge < -0.3 is 33.1 Å². The molecule has 0 rings (SSSR count). The predicted molar refractivity (Wildman–Crippen MR) is 26.8 cm³/mol. The van der Waals surface area contributed by atoms with Crippen LogP contribution in [0.1, 0.15) is 0 Å². The van der Waals surface area contributed by atoms with Gasteiger partial charge in [-0.3, -0.25) is 0 Å². The van der Waals surface area contributed by atoms with Crippen molar-refractivity contribution in [1.29, 1.82) is 0 Å². The fraction of sp³-hybridized carbons (Fsp3) is 1.00. The summed E-state index contributed by atoms with van der Waals surface area (Å²) in [4.78, 5) is 0. The number of halogens is 1. The number of hydrogen-bond acceptors (Lipinski definition) is 3. The van der Waals surface area contributed by atoms with Crippen molar-refractivity contribution in [2.75, 3.05) is 19.8 Å². The summed E-state index contributed by atoms with van der Waals surface area (Å²) in [5, 5.41) is 16.4. The molecule has 4 nitrogen and oxygen atoms in total. The molecule has 0 radical (unpaired) electrons. The minimum atomic E-state index is -1.35. The average molecular weight is 158 g/mol. The van der Waals surface area contributed by atoms with Gasteiger partial charge in [0.2, 0.25) is 0 Å². The lowest BCUT2D eigenvalue weighted by Gasteiger charge is -2.01. The molecule has 0 saturated carbocycles. The molecule has 5 heteroatoms. The smallest absolute Gasteiger partial charge is 0.175 e. The summed E-state index contributed by atoms with van der Waals surface area (Å²) >= 11 is 0. The van der Waals surface area contributed by atoms with Crippen LogP contribution in [0.2, 0.25) is 0 Å². The molecule has 0 atom stereocenters. The lowest BCUT2D eigenvalue weighted by molar-refractivity contribution is -0.375. The largest absolute Gasteiger partial charge is 1.00 e. The summed E-state index contributed by atoms with van der Waals surface area (Å²) < 4.78 is 4.68. The minimum Gasteiger partial charge on any atom is -1.00 e. The van der Waals surface area contributed by atoms with E-state index in [1.165, 1.54) is 0 Å². The lowest BCUT2D eigenvalue weighted by Crippen LogP contribution is -3.00. The van der Waals surface area contributed by atoms with Gasteiger partial charge in [-0.15, -0.1) is 0 Å².